The summed E-state index contributed by atoms with van der Waals surface area (Å²) in [6.45, 7) is 5.91. The van der Waals surface area contributed by atoms with E-state index < -0.39 is 11.7 Å². The molecule has 6 rings (SSSR count). The topological polar surface area (TPSA) is 107 Å². The zero-order valence-corrected chi connectivity index (χ0v) is 22.4. The molecule has 0 aliphatic rings. The number of fused-ring (bicyclic) bond motifs is 2. The highest BCUT2D eigenvalue weighted by Crippen LogP contribution is 2.30. The van der Waals surface area contributed by atoms with Crippen molar-refractivity contribution in [1.82, 2.24) is 24.7 Å². The maximum atomic E-state index is 12.6. The number of hydrogen-bond donors (Lipinski definition) is 2. The first-order valence-corrected chi connectivity index (χ1v) is 12.9. The number of ether oxygens (including phenoxy) is 2. The zero-order chi connectivity index (χ0) is 27.7. The summed E-state index contributed by atoms with van der Waals surface area (Å²) in [5.41, 5.74) is 3.49. The van der Waals surface area contributed by atoms with Gasteiger partial charge >= 0.3 is 6.09 Å². The van der Waals surface area contributed by atoms with Gasteiger partial charge in [-0.3, -0.25) is 0 Å². The van der Waals surface area contributed by atoms with Gasteiger partial charge in [0.1, 0.15) is 23.8 Å². The molecule has 40 heavy (non-hydrogen) atoms. The van der Waals surface area contributed by atoms with Crippen LogP contribution in [0.2, 0.25) is 0 Å². The van der Waals surface area contributed by atoms with E-state index in [9.17, 15) is 4.79 Å². The summed E-state index contributed by atoms with van der Waals surface area (Å²) in [7, 11) is 0. The quantitative estimate of drug-likeness (QED) is 0.236. The number of anilines is 2. The molecule has 200 valence electrons. The van der Waals surface area contributed by atoms with Crippen LogP contribution in [0.25, 0.3) is 33.2 Å². The lowest BCUT2D eigenvalue weighted by atomic mass is 10.1. The fourth-order valence-corrected chi connectivity index (χ4v) is 4.34. The van der Waals surface area contributed by atoms with E-state index in [1.807, 2.05) is 106 Å². The largest absolute Gasteiger partial charge is 0.487 e. The van der Waals surface area contributed by atoms with Crippen molar-refractivity contribution in [3.8, 4) is 17.1 Å². The smallest absolute Gasteiger partial charge is 0.435 e. The van der Waals surface area contributed by atoms with E-state index >= 15 is 0 Å². The zero-order valence-electron chi connectivity index (χ0n) is 22.4. The first kappa shape index (κ1) is 25.1. The monoisotopic (exact) mass is 532 g/mol. The van der Waals surface area contributed by atoms with E-state index in [1.54, 1.807) is 6.20 Å². The van der Waals surface area contributed by atoms with Crippen molar-refractivity contribution in [1.29, 1.82) is 0 Å². The average Bonchev–Trinajstić information content (AvgIpc) is 3.61. The number of hydrogen-bond acceptors (Lipinski definition) is 7. The molecule has 0 spiro atoms. The number of carbonyl (C=O) groups excluding carboxylic acids is 1. The standard InChI is InChI=1S/C31H28N6O3/c1-31(2,3)40-30(38)37-27-14-13-22(16-21(27)18-33-37)34-29-25-11-4-5-12-26(25)35-28(36-29)20-8-6-10-24(17-20)39-19-23-9-7-15-32-23/h4-18,32H,19H2,1-3H3,(H,34,35,36). The molecule has 3 aromatic heterocycles. The second kappa shape index (κ2) is 10.2. The molecule has 9 nitrogen and oxygen atoms in total. The Balaban J connectivity index is 1.31. The molecule has 3 heterocycles. The van der Waals surface area contributed by atoms with Crippen LogP contribution in [-0.2, 0) is 11.3 Å². The minimum absolute atomic E-state index is 0.439. The van der Waals surface area contributed by atoms with E-state index in [0.717, 1.165) is 39.0 Å². The molecule has 0 saturated heterocycles. The van der Waals surface area contributed by atoms with Gasteiger partial charge in [-0.15, -0.1) is 0 Å². The molecule has 0 aliphatic carbocycles. The van der Waals surface area contributed by atoms with Gasteiger partial charge in [-0.05, 0) is 75.4 Å². The maximum absolute atomic E-state index is 12.6. The van der Waals surface area contributed by atoms with E-state index in [-0.39, 0.29) is 0 Å². The number of nitrogens with one attached hydrogen (secondary N) is 2. The van der Waals surface area contributed by atoms with Crippen LogP contribution in [0.1, 0.15) is 26.5 Å². The number of benzene rings is 3. The number of carbonyl (C=O) groups is 1. The van der Waals surface area contributed by atoms with Crippen molar-refractivity contribution in [2.75, 3.05) is 5.32 Å². The van der Waals surface area contributed by atoms with Crippen LogP contribution in [0.5, 0.6) is 5.75 Å². The molecule has 0 amide bonds. The SMILES string of the molecule is CC(C)(C)OC(=O)n1ncc2cc(Nc3nc(-c4cccc(OCc5ccc[nH]5)c4)nc4ccccc34)ccc21. The first-order valence-electron chi connectivity index (χ1n) is 12.9. The fourth-order valence-electron chi connectivity index (χ4n) is 4.34. The number of aromatic amines is 1. The Morgan fingerprint density at radius 1 is 0.975 bits per heavy atom. The van der Waals surface area contributed by atoms with Crippen LogP contribution in [0.15, 0.2) is 91.3 Å². The third kappa shape index (κ3) is 5.35. The molecule has 0 atom stereocenters. The van der Waals surface area contributed by atoms with E-state index in [2.05, 4.69) is 15.4 Å². The summed E-state index contributed by atoms with van der Waals surface area (Å²) in [4.78, 5) is 25.5. The van der Waals surface area contributed by atoms with Crippen LogP contribution in [0.3, 0.4) is 0 Å². The Morgan fingerprint density at radius 3 is 2.67 bits per heavy atom. The fraction of sp³-hybridized carbons (Fsp3) is 0.161. The summed E-state index contributed by atoms with van der Waals surface area (Å²) in [6.07, 6.45) is 3.00. The minimum Gasteiger partial charge on any atom is -0.487 e. The lowest BCUT2D eigenvalue weighted by Gasteiger charge is -2.19. The van der Waals surface area contributed by atoms with E-state index in [4.69, 9.17) is 19.4 Å². The molecule has 6 aromatic rings. The first-order chi connectivity index (χ1) is 19.3. The van der Waals surface area contributed by atoms with Crippen LogP contribution in [0.4, 0.5) is 16.3 Å². The highest BCUT2D eigenvalue weighted by Gasteiger charge is 2.20. The molecule has 0 aliphatic heterocycles. The van der Waals surface area contributed by atoms with Gasteiger partial charge < -0.3 is 19.8 Å². The Kier molecular flexibility index (Phi) is 6.39. The molecule has 0 bridgehead atoms. The predicted molar refractivity (Wildman–Crippen MR) is 155 cm³/mol. The highest BCUT2D eigenvalue weighted by atomic mass is 16.6. The third-order valence-corrected chi connectivity index (χ3v) is 6.15. The Bertz CT molecular complexity index is 1820. The maximum Gasteiger partial charge on any atom is 0.435 e. The van der Waals surface area contributed by atoms with E-state index in [0.29, 0.717) is 23.8 Å². The van der Waals surface area contributed by atoms with Crippen molar-refractivity contribution in [2.45, 2.75) is 33.0 Å². The predicted octanol–water partition coefficient (Wildman–Crippen LogP) is 7.08. The molecule has 0 radical (unpaired) electrons. The van der Waals surface area contributed by atoms with Crippen molar-refractivity contribution in [2.24, 2.45) is 0 Å². The lowest BCUT2D eigenvalue weighted by Crippen LogP contribution is -2.27. The molecule has 2 N–H and O–H groups in total. The molecule has 0 saturated carbocycles. The summed E-state index contributed by atoms with van der Waals surface area (Å²) in [6, 6.07) is 25.2. The molecular formula is C31H28N6O3. The van der Waals surface area contributed by atoms with Gasteiger partial charge in [-0.1, -0.05) is 24.3 Å². The van der Waals surface area contributed by atoms with Gasteiger partial charge in [0.2, 0.25) is 0 Å². The summed E-state index contributed by atoms with van der Waals surface area (Å²) >= 11 is 0. The van der Waals surface area contributed by atoms with Crippen LogP contribution in [0, 0.1) is 0 Å². The Labute approximate surface area is 230 Å². The van der Waals surface area contributed by atoms with Crippen molar-refractivity contribution < 1.29 is 14.3 Å². The summed E-state index contributed by atoms with van der Waals surface area (Å²) in [5, 5.41) is 9.37. The van der Waals surface area contributed by atoms with Gasteiger partial charge in [-0.25, -0.2) is 14.8 Å². The van der Waals surface area contributed by atoms with Crippen molar-refractivity contribution in [3.05, 3.63) is 97.0 Å². The summed E-state index contributed by atoms with van der Waals surface area (Å²) < 4.78 is 12.7. The van der Waals surface area contributed by atoms with Gasteiger partial charge in [-0.2, -0.15) is 9.78 Å². The molecule has 0 unspecified atom stereocenters. The molecule has 0 fully saturated rings. The molecule has 9 heteroatoms. The average molecular weight is 533 g/mol. The highest BCUT2D eigenvalue weighted by molar-refractivity contribution is 5.94. The van der Waals surface area contributed by atoms with Gasteiger partial charge in [0, 0.05) is 28.2 Å². The minimum atomic E-state index is -0.615. The van der Waals surface area contributed by atoms with E-state index in [1.165, 1.54) is 4.68 Å². The number of para-hydroxylation sites is 1. The second-order valence-corrected chi connectivity index (χ2v) is 10.4. The lowest BCUT2D eigenvalue weighted by molar-refractivity contribution is 0.0522. The summed E-state index contributed by atoms with van der Waals surface area (Å²) in [5.74, 6) is 1.97. The third-order valence-electron chi connectivity index (χ3n) is 6.15. The molecule has 3 aromatic carbocycles. The van der Waals surface area contributed by atoms with Gasteiger partial charge in [0.15, 0.2) is 5.82 Å². The molecular weight excluding hydrogens is 504 g/mol. The van der Waals surface area contributed by atoms with Crippen LogP contribution in [-0.4, -0.2) is 36.4 Å². The van der Waals surface area contributed by atoms with Crippen LogP contribution < -0.4 is 10.1 Å². The Morgan fingerprint density at radius 2 is 1.85 bits per heavy atom. The van der Waals surface area contributed by atoms with Gasteiger partial charge in [0.05, 0.1) is 22.9 Å². The Hall–Kier alpha value is -5.18. The number of aromatic nitrogens is 5. The van der Waals surface area contributed by atoms with Gasteiger partial charge in [0.25, 0.3) is 0 Å². The normalized spacial score (nSPS) is 11.6. The number of nitrogens with zero attached hydrogens (tertiary/aromatic N) is 4. The number of H-pyrrole nitrogens is 1. The van der Waals surface area contributed by atoms with Crippen molar-refractivity contribution in [3.63, 3.8) is 0 Å². The number of rotatable bonds is 6. The van der Waals surface area contributed by atoms with Crippen molar-refractivity contribution >= 4 is 39.4 Å². The second-order valence-electron chi connectivity index (χ2n) is 10.4. The van der Waals surface area contributed by atoms with Crippen LogP contribution >= 0.6 is 0 Å².